The second kappa shape index (κ2) is 7.17. The van der Waals surface area contributed by atoms with Crippen LogP contribution in [0.15, 0.2) is 36.7 Å². The fourth-order valence-electron chi connectivity index (χ4n) is 2.24. The average molecular weight is 304 g/mol. The molecule has 1 aromatic carbocycles. The second-order valence-corrected chi connectivity index (χ2v) is 5.54. The van der Waals surface area contributed by atoms with E-state index in [2.05, 4.69) is 5.10 Å². The Balaban J connectivity index is 1.87. The van der Waals surface area contributed by atoms with Gasteiger partial charge in [0.1, 0.15) is 5.82 Å². The van der Waals surface area contributed by atoms with Crippen LogP contribution >= 0.6 is 0 Å². The van der Waals surface area contributed by atoms with Crippen molar-refractivity contribution in [2.75, 3.05) is 20.6 Å². The van der Waals surface area contributed by atoms with Crippen molar-refractivity contribution in [3.63, 3.8) is 0 Å². The fraction of sp³-hybridized carbons (Fsp3) is 0.375. The Kier molecular flexibility index (Phi) is 5.27. The molecule has 5 nitrogen and oxygen atoms in total. The molecular weight excluding hydrogens is 283 g/mol. The lowest BCUT2D eigenvalue weighted by Gasteiger charge is -2.21. The molecule has 118 valence electrons. The van der Waals surface area contributed by atoms with Crippen LogP contribution in [0.5, 0.6) is 0 Å². The highest BCUT2D eigenvalue weighted by atomic mass is 19.1. The molecule has 0 spiro atoms. The molecule has 0 unspecified atom stereocenters. The Labute approximate surface area is 129 Å². The number of nitrogens with zero attached hydrogens (tertiary/aromatic N) is 4. The number of carbonyl (C=O) groups excluding carboxylic acids is 1. The summed E-state index contributed by atoms with van der Waals surface area (Å²) in [7, 11) is 5.42. The molecule has 0 radical (unpaired) electrons. The summed E-state index contributed by atoms with van der Waals surface area (Å²) in [5, 5.41) is 4.10. The molecule has 0 saturated heterocycles. The first-order chi connectivity index (χ1) is 10.5. The monoisotopic (exact) mass is 304 g/mol. The largest absolute Gasteiger partial charge is 0.340 e. The maximum atomic E-state index is 13.6. The highest BCUT2D eigenvalue weighted by Gasteiger charge is 2.14. The molecule has 1 heterocycles. The third-order valence-corrected chi connectivity index (χ3v) is 3.41. The maximum Gasteiger partial charge on any atom is 0.236 e. The summed E-state index contributed by atoms with van der Waals surface area (Å²) in [5.74, 6) is -0.333. The SMILES string of the molecule is CN(CC(=O)N(C)Cc1ccccc1F)Cc1cnn(C)c1. The van der Waals surface area contributed by atoms with E-state index in [9.17, 15) is 9.18 Å². The van der Waals surface area contributed by atoms with Crippen molar-refractivity contribution >= 4 is 5.91 Å². The number of benzene rings is 1. The van der Waals surface area contributed by atoms with Gasteiger partial charge in [0.05, 0.1) is 12.7 Å². The Morgan fingerprint density at radius 2 is 2.00 bits per heavy atom. The molecule has 0 bridgehead atoms. The number of amides is 1. The normalized spacial score (nSPS) is 11.0. The molecule has 2 aromatic rings. The number of hydrogen-bond acceptors (Lipinski definition) is 3. The van der Waals surface area contributed by atoms with Crippen LogP contribution < -0.4 is 0 Å². The van der Waals surface area contributed by atoms with Gasteiger partial charge in [-0.25, -0.2) is 4.39 Å². The van der Waals surface area contributed by atoms with Crippen molar-refractivity contribution in [3.8, 4) is 0 Å². The van der Waals surface area contributed by atoms with Gasteiger partial charge in [0.15, 0.2) is 0 Å². The zero-order valence-corrected chi connectivity index (χ0v) is 13.2. The Bertz CT molecular complexity index is 641. The molecule has 0 aliphatic carbocycles. The molecule has 0 aliphatic rings. The van der Waals surface area contributed by atoms with Gasteiger partial charge in [-0.3, -0.25) is 14.4 Å². The summed E-state index contributed by atoms with van der Waals surface area (Å²) in [6, 6.07) is 6.51. The van der Waals surface area contributed by atoms with Gasteiger partial charge in [0, 0.05) is 44.5 Å². The van der Waals surface area contributed by atoms with E-state index in [1.807, 2.05) is 25.2 Å². The van der Waals surface area contributed by atoms with Crippen LogP contribution in [0.2, 0.25) is 0 Å². The molecule has 0 N–H and O–H groups in total. The van der Waals surface area contributed by atoms with Crippen molar-refractivity contribution in [1.82, 2.24) is 19.6 Å². The summed E-state index contributed by atoms with van der Waals surface area (Å²) in [5.41, 5.74) is 1.57. The van der Waals surface area contributed by atoms with E-state index in [0.29, 0.717) is 12.1 Å². The summed E-state index contributed by atoms with van der Waals surface area (Å²) >= 11 is 0. The van der Waals surface area contributed by atoms with Crippen LogP contribution in [0.3, 0.4) is 0 Å². The van der Waals surface area contributed by atoms with Crippen LogP contribution in [0.1, 0.15) is 11.1 Å². The van der Waals surface area contributed by atoms with E-state index >= 15 is 0 Å². The van der Waals surface area contributed by atoms with E-state index < -0.39 is 0 Å². The lowest BCUT2D eigenvalue weighted by Crippen LogP contribution is -2.36. The zero-order chi connectivity index (χ0) is 16.1. The first-order valence-electron chi connectivity index (χ1n) is 7.09. The summed E-state index contributed by atoms with van der Waals surface area (Å²) in [4.78, 5) is 15.7. The highest BCUT2D eigenvalue weighted by Crippen LogP contribution is 2.09. The minimum absolute atomic E-state index is 0.0466. The van der Waals surface area contributed by atoms with Crippen LogP contribution in [0, 0.1) is 5.82 Å². The van der Waals surface area contributed by atoms with E-state index in [1.165, 1.54) is 11.0 Å². The number of aryl methyl sites for hydroxylation is 1. The van der Waals surface area contributed by atoms with Gasteiger partial charge in [-0.15, -0.1) is 0 Å². The highest BCUT2D eigenvalue weighted by molar-refractivity contribution is 5.77. The maximum absolute atomic E-state index is 13.6. The lowest BCUT2D eigenvalue weighted by molar-refractivity contribution is -0.131. The molecular formula is C16H21FN4O. The van der Waals surface area contributed by atoms with Gasteiger partial charge in [0.2, 0.25) is 5.91 Å². The fourth-order valence-corrected chi connectivity index (χ4v) is 2.24. The average Bonchev–Trinajstić information content (AvgIpc) is 2.86. The Morgan fingerprint density at radius 1 is 1.27 bits per heavy atom. The summed E-state index contributed by atoms with van der Waals surface area (Å²) < 4.78 is 15.3. The second-order valence-electron chi connectivity index (χ2n) is 5.54. The predicted molar refractivity (Wildman–Crippen MR) is 82.4 cm³/mol. The van der Waals surface area contributed by atoms with Gasteiger partial charge >= 0.3 is 0 Å². The molecule has 0 saturated carbocycles. The van der Waals surface area contributed by atoms with Crippen molar-refractivity contribution < 1.29 is 9.18 Å². The lowest BCUT2D eigenvalue weighted by atomic mass is 10.2. The number of aromatic nitrogens is 2. The third-order valence-electron chi connectivity index (χ3n) is 3.41. The van der Waals surface area contributed by atoms with Crippen LogP contribution in [0.4, 0.5) is 4.39 Å². The van der Waals surface area contributed by atoms with E-state index in [0.717, 1.165) is 5.56 Å². The van der Waals surface area contributed by atoms with Crippen molar-refractivity contribution in [3.05, 3.63) is 53.6 Å². The van der Waals surface area contributed by atoms with E-state index in [1.54, 1.807) is 36.1 Å². The molecule has 2 rings (SSSR count). The topological polar surface area (TPSA) is 41.4 Å². The summed E-state index contributed by atoms with van der Waals surface area (Å²) in [6.07, 6.45) is 3.70. The number of hydrogen-bond donors (Lipinski definition) is 0. The first-order valence-corrected chi connectivity index (χ1v) is 7.09. The molecule has 0 aliphatic heterocycles. The van der Waals surface area contributed by atoms with E-state index in [4.69, 9.17) is 0 Å². The quantitative estimate of drug-likeness (QED) is 0.815. The molecule has 1 aromatic heterocycles. The van der Waals surface area contributed by atoms with Crippen molar-refractivity contribution in [2.24, 2.45) is 7.05 Å². The number of carbonyl (C=O) groups is 1. The van der Waals surface area contributed by atoms with Crippen molar-refractivity contribution in [1.29, 1.82) is 0 Å². The van der Waals surface area contributed by atoms with E-state index in [-0.39, 0.29) is 24.8 Å². The molecule has 0 fully saturated rings. The number of halogens is 1. The molecule has 1 amide bonds. The standard InChI is InChI=1S/C16H21FN4O/c1-19(9-13-8-18-21(3)10-13)12-16(22)20(2)11-14-6-4-5-7-15(14)17/h4-8,10H,9,11-12H2,1-3H3. The van der Waals surface area contributed by atoms with Gasteiger partial charge < -0.3 is 4.90 Å². The molecule has 22 heavy (non-hydrogen) atoms. The Hall–Kier alpha value is -2.21. The number of likely N-dealkylation sites (N-methyl/N-ethyl adjacent to an activating group) is 2. The van der Waals surface area contributed by atoms with Crippen molar-refractivity contribution in [2.45, 2.75) is 13.1 Å². The van der Waals surface area contributed by atoms with Crippen LogP contribution in [-0.4, -0.2) is 46.1 Å². The minimum Gasteiger partial charge on any atom is -0.340 e. The molecule has 6 heteroatoms. The predicted octanol–water partition coefficient (Wildman–Crippen LogP) is 1.65. The molecule has 0 atom stereocenters. The smallest absolute Gasteiger partial charge is 0.236 e. The summed E-state index contributed by atoms with van der Waals surface area (Å²) in [6.45, 7) is 1.19. The Morgan fingerprint density at radius 3 is 2.64 bits per heavy atom. The first kappa shape index (κ1) is 16.2. The van der Waals surface area contributed by atoms with Gasteiger partial charge in [0.25, 0.3) is 0 Å². The van der Waals surface area contributed by atoms with Gasteiger partial charge in [-0.1, -0.05) is 18.2 Å². The van der Waals surface area contributed by atoms with Gasteiger partial charge in [-0.2, -0.15) is 5.10 Å². The number of rotatable bonds is 6. The van der Waals surface area contributed by atoms with Crippen LogP contribution in [-0.2, 0) is 24.9 Å². The zero-order valence-electron chi connectivity index (χ0n) is 13.2. The third kappa shape index (κ3) is 4.39. The van der Waals surface area contributed by atoms with Crippen LogP contribution in [0.25, 0.3) is 0 Å². The minimum atomic E-state index is -0.286. The van der Waals surface area contributed by atoms with Gasteiger partial charge in [-0.05, 0) is 13.1 Å².